The monoisotopic (exact) mass is 539 g/mol. The molecule has 10 nitrogen and oxygen atoms in total. The van der Waals surface area contributed by atoms with Crippen LogP contribution in [0.2, 0.25) is 0 Å². The molecule has 0 saturated carbocycles. The van der Waals surface area contributed by atoms with Crippen LogP contribution in [0.25, 0.3) is 0 Å². The number of likely N-dealkylation sites (tertiary alicyclic amines) is 1. The highest BCUT2D eigenvalue weighted by Crippen LogP contribution is 2.42. The van der Waals surface area contributed by atoms with Crippen molar-refractivity contribution >= 4 is 23.5 Å². The van der Waals surface area contributed by atoms with Gasteiger partial charge in [-0.25, -0.2) is 9.59 Å². The second-order valence-corrected chi connectivity index (χ2v) is 8.46. The van der Waals surface area contributed by atoms with Gasteiger partial charge in [0.15, 0.2) is 0 Å². The van der Waals surface area contributed by atoms with Crippen molar-refractivity contribution in [2.75, 3.05) is 24.5 Å². The van der Waals surface area contributed by atoms with E-state index in [1.165, 1.54) is 5.56 Å². The molecule has 2 fully saturated rings. The zero-order valence-corrected chi connectivity index (χ0v) is 19.3. The smallest absolute Gasteiger partial charge is 0.475 e. The number of aliphatic carboxylic acids is 2. The van der Waals surface area contributed by atoms with Crippen LogP contribution in [0.1, 0.15) is 18.4 Å². The number of rotatable bonds is 3. The summed E-state index contributed by atoms with van der Waals surface area (Å²) in [5.41, 5.74) is 2.24. The summed E-state index contributed by atoms with van der Waals surface area (Å²) in [5, 5.41) is 18.4. The zero-order chi connectivity index (χ0) is 28.0. The maximum Gasteiger partial charge on any atom is 0.490 e. The summed E-state index contributed by atoms with van der Waals surface area (Å²) in [4.78, 5) is 38.8. The molecule has 2 aliphatic rings. The number of carboxylic acid groups (broad SMARTS) is 2. The maximum atomic E-state index is 12.5. The van der Waals surface area contributed by atoms with Crippen molar-refractivity contribution in [3.8, 4) is 0 Å². The fraction of sp³-hybridized carbons (Fsp3) is 0.476. The van der Waals surface area contributed by atoms with Crippen molar-refractivity contribution in [3.05, 3.63) is 42.5 Å². The van der Waals surface area contributed by atoms with Gasteiger partial charge in [0, 0.05) is 57.1 Å². The van der Waals surface area contributed by atoms with Gasteiger partial charge in [-0.05, 0) is 24.6 Å². The van der Waals surface area contributed by atoms with Crippen LogP contribution in [0.3, 0.4) is 0 Å². The summed E-state index contributed by atoms with van der Waals surface area (Å²) >= 11 is 0. The first-order valence-corrected chi connectivity index (χ1v) is 10.5. The average molecular weight is 539 g/mol. The van der Waals surface area contributed by atoms with Crippen LogP contribution in [-0.4, -0.2) is 79.7 Å². The van der Waals surface area contributed by atoms with Crippen molar-refractivity contribution in [2.45, 2.75) is 31.7 Å². The Balaban J connectivity index is 0.000000286. The number of aryl methyl sites for hydroxylation is 1. The van der Waals surface area contributed by atoms with E-state index in [-0.39, 0.29) is 11.3 Å². The van der Waals surface area contributed by atoms with Crippen molar-refractivity contribution in [1.82, 2.24) is 19.7 Å². The van der Waals surface area contributed by atoms with Gasteiger partial charge in [0.2, 0.25) is 5.91 Å². The van der Waals surface area contributed by atoms with Crippen LogP contribution in [0, 0.1) is 5.41 Å². The molecule has 4 heterocycles. The number of halogens is 6. The molecule has 204 valence electrons. The van der Waals surface area contributed by atoms with E-state index in [9.17, 15) is 31.1 Å². The minimum Gasteiger partial charge on any atom is -0.475 e. The van der Waals surface area contributed by atoms with Crippen molar-refractivity contribution in [3.63, 3.8) is 0 Å². The highest BCUT2D eigenvalue weighted by atomic mass is 19.4. The molecular formula is C21H23F6N5O5. The van der Waals surface area contributed by atoms with Crippen molar-refractivity contribution in [1.29, 1.82) is 0 Å². The number of carbonyl (C=O) groups is 3. The van der Waals surface area contributed by atoms with Crippen molar-refractivity contribution < 1.29 is 50.9 Å². The van der Waals surface area contributed by atoms with E-state index in [0.717, 1.165) is 38.3 Å². The number of nitrogens with zero attached hydrogens (tertiary/aromatic N) is 5. The van der Waals surface area contributed by atoms with E-state index in [4.69, 9.17) is 19.8 Å². The third-order valence-electron chi connectivity index (χ3n) is 5.46. The van der Waals surface area contributed by atoms with Gasteiger partial charge in [0.05, 0.1) is 11.9 Å². The fourth-order valence-corrected chi connectivity index (χ4v) is 3.86. The van der Waals surface area contributed by atoms with Gasteiger partial charge in [0.1, 0.15) is 0 Å². The standard InChI is InChI=1S/C17H21N5O.2C2HF3O2/c1-20-11-15(9-19-20)22-13-17(7-16(22)23)4-6-21(12-17)10-14-3-2-5-18-8-14;2*3-2(4,5)1(6)7/h2-3,5,8-9,11H,4,6-7,10,12-13H2,1H3;2*(H,6,7). The van der Waals surface area contributed by atoms with Crippen molar-refractivity contribution in [2.24, 2.45) is 12.5 Å². The Morgan fingerprint density at radius 1 is 1.05 bits per heavy atom. The van der Waals surface area contributed by atoms with E-state index in [0.29, 0.717) is 6.42 Å². The van der Waals surface area contributed by atoms with Crippen LogP contribution in [0.4, 0.5) is 32.0 Å². The summed E-state index contributed by atoms with van der Waals surface area (Å²) < 4.78 is 65.2. The van der Waals surface area contributed by atoms with E-state index in [2.05, 4.69) is 21.0 Å². The van der Waals surface area contributed by atoms with Crippen LogP contribution in [0.5, 0.6) is 0 Å². The number of carboxylic acids is 2. The van der Waals surface area contributed by atoms with Crippen LogP contribution < -0.4 is 4.90 Å². The number of hydrogen-bond donors (Lipinski definition) is 2. The minimum absolute atomic E-state index is 0.0924. The lowest BCUT2D eigenvalue weighted by Crippen LogP contribution is -2.31. The summed E-state index contributed by atoms with van der Waals surface area (Å²) in [6, 6.07) is 4.09. The van der Waals surface area contributed by atoms with Gasteiger partial charge in [-0.15, -0.1) is 0 Å². The Hall–Kier alpha value is -3.69. The number of carbonyl (C=O) groups excluding carboxylic acids is 1. The second-order valence-electron chi connectivity index (χ2n) is 8.46. The number of alkyl halides is 6. The first-order chi connectivity index (χ1) is 17.0. The maximum absolute atomic E-state index is 12.5. The molecule has 1 atom stereocenters. The SMILES string of the molecule is Cn1cc(N2CC3(CCN(Cc4cccnc4)C3)CC2=O)cn1.O=C(O)C(F)(F)F.O=C(O)C(F)(F)F. The van der Waals surface area contributed by atoms with Crippen LogP contribution in [-0.2, 0) is 28.0 Å². The van der Waals surface area contributed by atoms with Gasteiger partial charge in [-0.1, -0.05) is 6.07 Å². The molecule has 0 aliphatic carbocycles. The number of anilines is 1. The average Bonchev–Trinajstić information content (AvgIpc) is 3.47. The van der Waals surface area contributed by atoms with Gasteiger partial charge in [-0.3, -0.25) is 19.4 Å². The molecule has 1 spiro atoms. The van der Waals surface area contributed by atoms with E-state index < -0.39 is 24.3 Å². The zero-order valence-electron chi connectivity index (χ0n) is 19.3. The Kier molecular flexibility index (Phi) is 9.24. The molecule has 2 N–H and O–H groups in total. The first kappa shape index (κ1) is 29.5. The van der Waals surface area contributed by atoms with E-state index in [1.807, 2.05) is 30.4 Å². The van der Waals surface area contributed by atoms with Crippen LogP contribution >= 0.6 is 0 Å². The molecule has 2 aliphatic heterocycles. The lowest BCUT2D eigenvalue weighted by molar-refractivity contribution is -0.193. The Morgan fingerprint density at radius 3 is 2.11 bits per heavy atom. The molecule has 1 unspecified atom stereocenters. The van der Waals surface area contributed by atoms with E-state index in [1.54, 1.807) is 17.1 Å². The molecule has 37 heavy (non-hydrogen) atoms. The molecule has 4 rings (SSSR count). The molecule has 0 bridgehead atoms. The minimum atomic E-state index is -5.08. The largest absolute Gasteiger partial charge is 0.490 e. The third kappa shape index (κ3) is 8.73. The molecule has 0 aromatic carbocycles. The predicted octanol–water partition coefficient (Wildman–Crippen LogP) is 2.71. The quantitative estimate of drug-likeness (QED) is 0.570. The lowest BCUT2D eigenvalue weighted by Gasteiger charge is -2.23. The van der Waals surface area contributed by atoms with Gasteiger partial charge in [0.25, 0.3) is 0 Å². The number of amides is 1. The van der Waals surface area contributed by atoms with Crippen LogP contribution in [0.15, 0.2) is 36.9 Å². The normalized spacial score (nSPS) is 19.8. The summed E-state index contributed by atoms with van der Waals surface area (Å²) in [6.07, 6.45) is -1.02. The Labute approximate surface area is 206 Å². The molecule has 2 aromatic rings. The highest BCUT2D eigenvalue weighted by Gasteiger charge is 2.48. The molecular weight excluding hydrogens is 516 g/mol. The summed E-state index contributed by atoms with van der Waals surface area (Å²) in [7, 11) is 1.88. The fourth-order valence-electron chi connectivity index (χ4n) is 3.86. The Morgan fingerprint density at radius 2 is 1.65 bits per heavy atom. The first-order valence-electron chi connectivity index (χ1n) is 10.5. The third-order valence-corrected chi connectivity index (χ3v) is 5.46. The van der Waals surface area contributed by atoms with Gasteiger partial charge in [-0.2, -0.15) is 31.4 Å². The van der Waals surface area contributed by atoms with Gasteiger partial charge < -0.3 is 15.1 Å². The topological polar surface area (TPSA) is 129 Å². The molecule has 2 aromatic heterocycles. The number of pyridine rings is 1. The van der Waals surface area contributed by atoms with Gasteiger partial charge >= 0.3 is 24.3 Å². The Bertz CT molecular complexity index is 1070. The highest BCUT2D eigenvalue weighted by molar-refractivity contribution is 5.96. The number of hydrogen-bond acceptors (Lipinski definition) is 6. The number of aromatic nitrogens is 3. The molecule has 2 saturated heterocycles. The second kappa shape index (κ2) is 11.6. The lowest BCUT2D eigenvalue weighted by atomic mass is 9.86. The predicted molar refractivity (Wildman–Crippen MR) is 114 cm³/mol. The summed E-state index contributed by atoms with van der Waals surface area (Å²) in [5.74, 6) is -5.29. The molecule has 0 radical (unpaired) electrons. The van der Waals surface area contributed by atoms with E-state index >= 15 is 0 Å². The molecule has 1 amide bonds. The molecule has 16 heteroatoms. The summed E-state index contributed by atoms with van der Waals surface area (Å²) in [6.45, 7) is 3.74.